The Morgan fingerprint density at radius 3 is 2.68 bits per heavy atom. The first kappa shape index (κ1) is 14.4. The SMILES string of the molecule is COc1ccc([C@@H](C)N)c(OCc2ccc(Br)s2)c1. The molecule has 5 heteroatoms. The summed E-state index contributed by atoms with van der Waals surface area (Å²) in [4.78, 5) is 1.16. The van der Waals surface area contributed by atoms with Crippen molar-refractivity contribution in [2.45, 2.75) is 19.6 Å². The molecule has 1 atom stereocenters. The second-order valence-corrected chi connectivity index (χ2v) is 6.73. The number of thiophene rings is 1. The number of hydrogen-bond acceptors (Lipinski definition) is 4. The predicted molar refractivity (Wildman–Crippen MR) is 81.9 cm³/mol. The normalized spacial score (nSPS) is 12.2. The van der Waals surface area contributed by atoms with Gasteiger partial charge in [0.1, 0.15) is 18.1 Å². The molecular formula is C14H16BrNO2S. The van der Waals surface area contributed by atoms with E-state index in [0.717, 1.165) is 25.7 Å². The maximum atomic E-state index is 5.95. The summed E-state index contributed by atoms with van der Waals surface area (Å²) >= 11 is 5.10. The van der Waals surface area contributed by atoms with Crippen molar-refractivity contribution in [3.05, 3.63) is 44.6 Å². The molecule has 0 radical (unpaired) electrons. The van der Waals surface area contributed by atoms with Crippen LogP contribution in [0.5, 0.6) is 11.5 Å². The topological polar surface area (TPSA) is 44.5 Å². The summed E-state index contributed by atoms with van der Waals surface area (Å²) < 4.78 is 12.2. The van der Waals surface area contributed by atoms with Crippen molar-refractivity contribution in [2.75, 3.05) is 7.11 Å². The quantitative estimate of drug-likeness (QED) is 0.889. The van der Waals surface area contributed by atoms with Gasteiger partial charge in [-0.3, -0.25) is 0 Å². The lowest BCUT2D eigenvalue weighted by atomic mass is 10.1. The van der Waals surface area contributed by atoms with Gasteiger partial charge in [0.2, 0.25) is 0 Å². The molecule has 1 aromatic carbocycles. The lowest BCUT2D eigenvalue weighted by Gasteiger charge is -2.14. The van der Waals surface area contributed by atoms with Crippen LogP contribution in [0.15, 0.2) is 34.1 Å². The molecule has 2 rings (SSSR count). The summed E-state index contributed by atoms with van der Waals surface area (Å²) in [6, 6.07) is 9.70. The molecule has 102 valence electrons. The van der Waals surface area contributed by atoms with Crippen molar-refractivity contribution in [3.63, 3.8) is 0 Å². The zero-order chi connectivity index (χ0) is 13.8. The van der Waals surface area contributed by atoms with E-state index < -0.39 is 0 Å². The third-order valence-electron chi connectivity index (χ3n) is 2.71. The molecule has 0 bridgehead atoms. The number of nitrogens with two attached hydrogens (primary N) is 1. The highest BCUT2D eigenvalue weighted by molar-refractivity contribution is 9.11. The summed E-state index contributed by atoms with van der Waals surface area (Å²) in [5.41, 5.74) is 6.94. The van der Waals surface area contributed by atoms with Crippen LogP contribution in [-0.4, -0.2) is 7.11 Å². The summed E-state index contributed by atoms with van der Waals surface area (Å²) in [7, 11) is 1.64. The Kier molecular flexibility index (Phi) is 4.85. The van der Waals surface area contributed by atoms with Gasteiger partial charge >= 0.3 is 0 Å². The molecule has 0 amide bonds. The first-order chi connectivity index (χ1) is 9.10. The molecule has 19 heavy (non-hydrogen) atoms. The smallest absolute Gasteiger partial charge is 0.128 e. The molecule has 0 aliphatic rings. The summed E-state index contributed by atoms with van der Waals surface area (Å²) in [6.07, 6.45) is 0. The summed E-state index contributed by atoms with van der Waals surface area (Å²) in [5.74, 6) is 1.55. The van der Waals surface area contributed by atoms with E-state index in [1.54, 1.807) is 18.4 Å². The molecule has 0 fully saturated rings. The van der Waals surface area contributed by atoms with Crippen LogP contribution >= 0.6 is 27.3 Å². The largest absolute Gasteiger partial charge is 0.497 e. The lowest BCUT2D eigenvalue weighted by molar-refractivity contribution is 0.302. The molecule has 1 aromatic heterocycles. The third-order valence-corrected chi connectivity index (χ3v) is 4.31. The standard InChI is InChI=1S/C14H16BrNO2S/c1-9(16)12-5-3-10(17-2)7-13(12)18-8-11-4-6-14(15)19-11/h3-7,9H,8,16H2,1-2H3/t9-/m1/s1. The van der Waals surface area contributed by atoms with Crippen LogP contribution in [0.3, 0.4) is 0 Å². The van der Waals surface area contributed by atoms with Crippen LogP contribution in [-0.2, 0) is 6.61 Å². The van der Waals surface area contributed by atoms with Gasteiger partial charge in [0, 0.05) is 22.5 Å². The molecule has 1 heterocycles. The average molecular weight is 342 g/mol. The van der Waals surface area contributed by atoms with Gasteiger partial charge in [-0.15, -0.1) is 11.3 Å². The molecule has 0 saturated heterocycles. The minimum absolute atomic E-state index is 0.0732. The van der Waals surface area contributed by atoms with Gasteiger partial charge in [-0.1, -0.05) is 6.07 Å². The van der Waals surface area contributed by atoms with Gasteiger partial charge in [-0.25, -0.2) is 0 Å². The van der Waals surface area contributed by atoms with Crippen LogP contribution in [0.25, 0.3) is 0 Å². The van der Waals surface area contributed by atoms with E-state index in [-0.39, 0.29) is 6.04 Å². The summed E-state index contributed by atoms with van der Waals surface area (Å²) in [5, 5.41) is 0. The minimum atomic E-state index is -0.0732. The molecule has 3 nitrogen and oxygen atoms in total. The van der Waals surface area contributed by atoms with Crippen LogP contribution in [0.2, 0.25) is 0 Å². The first-order valence-electron chi connectivity index (χ1n) is 5.90. The van der Waals surface area contributed by atoms with Crippen molar-refractivity contribution in [2.24, 2.45) is 5.73 Å². The Labute approximate surface area is 125 Å². The Balaban J connectivity index is 2.17. The van der Waals surface area contributed by atoms with E-state index >= 15 is 0 Å². The van der Waals surface area contributed by atoms with Crippen LogP contribution < -0.4 is 15.2 Å². The number of methoxy groups -OCH3 is 1. The molecule has 0 spiro atoms. The van der Waals surface area contributed by atoms with Crippen LogP contribution in [0, 0.1) is 0 Å². The number of hydrogen-bond donors (Lipinski definition) is 1. The molecule has 0 unspecified atom stereocenters. The van der Waals surface area contributed by atoms with Gasteiger partial charge < -0.3 is 15.2 Å². The highest BCUT2D eigenvalue weighted by Gasteiger charge is 2.10. The third kappa shape index (κ3) is 3.72. The zero-order valence-corrected chi connectivity index (χ0v) is 13.3. The molecule has 2 aromatic rings. The number of rotatable bonds is 5. The van der Waals surface area contributed by atoms with E-state index in [1.807, 2.05) is 37.3 Å². The van der Waals surface area contributed by atoms with Crippen molar-refractivity contribution < 1.29 is 9.47 Å². The average Bonchev–Trinajstić information content (AvgIpc) is 2.81. The van der Waals surface area contributed by atoms with Crippen molar-refractivity contribution in [1.82, 2.24) is 0 Å². The lowest BCUT2D eigenvalue weighted by Crippen LogP contribution is -2.08. The van der Waals surface area contributed by atoms with Crippen LogP contribution in [0.4, 0.5) is 0 Å². The molecular weight excluding hydrogens is 326 g/mol. The van der Waals surface area contributed by atoms with Gasteiger partial charge in [0.05, 0.1) is 10.9 Å². The molecule has 0 aliphatic heterocycles. The van der Waals surface area contributed by atoms with Gasteiger partial charge in [-0.2, -0.15) is 0 Å². The second-order valence-electron chi connectivity index (χ2n) is 4.19. The highest BCUT2D eigenvalue weighted by atomic mass is 79.9. The highest BCUT2D eigenvalue weighted by Crippen LogP contribution is 2.30. The number of halogens is 1. The van der Waals surface area contributed by atoms with E-state index in [1.165, 1.54) is 0 Å². The predicted octanol–water partition coefficient (Wildman–Crippen LogP) is 4.12. The Bertz CT molecular complexity index is 554. The van der Waals surface area contributed by atoms with E-state index in [0.29, 0.717) is 6.61 Å². The van der Waals surface area contributed by atoms with E-state index in [2.05, 4.69) is 15.9 Å². The van der Waals surface area contributed by atoms with Gasteiger partial charge in [0.15, 0.2) is 0 Å². The fourth-order valence-corrected chi connectivity index (χ4v) is 3.12. The molecule has 2 N–H and O–H groups in total. The Hall–Kier alpha value is -1.04. The van der Waals surface area contributed by atoms with E-state index in [9.17, 15) is 0 Å². The van der Waals surface area contributed by atoms with Gasteiger partial charge in [-0.05, 0) is 41.1 Å². The molecule has 0 saturated carbocycles. The minimum Gasteiger partial charge on any atom is -0.497 e. The fourth-order valence-electron chi connectivity index (χ4n) is 1.72. The maximum Gasteiger partial charge on any atom is 0.128 e. The molecule has 0 aliphatic carbocycles. The van der Waals surface area contributed by atoms with Crippen molar-refractivity contribution in [1.29, 1.82) is 0 Å². The zero-order valence-electron chi connectivity index (χ0n) is 10.9. The van der Waals surface area contributed by atoms with Gasteiger partial charge in [0.25, 0.3) is 0 Å². The Morgan fingerprint density at radius 1 is 1.32 bits per heavy atom. The first-order valence-corrected chi connectivity index (χ1v) is 7.51. The number of benzene rings is 1. The van der Waals surface area contributed by atoms with E-state index in [4.69, 9.17) is 15.2 Å². The number of ether oxygens (including phenoxy) is 2. The fraction of sp³-hybridized carbons (Fsp3) is 0.286. The van der Waals surface area contributed by atoms with Crippen molar-refractivity contribution in [3.8, 4) is 11.5 Å². The van der Waals surface area contributed by atoms with Crippen molar-refractivity contribution >= 4 is 27.3 Å². The summed E-state index contributed by atoms with van der Waals surface area (Å²) in [6.45, 7) is 2.47. The second kappa shape index (κ2) is 6.41. The maximum absolute atomic E-state index is 5.95. The monoisotopic (exact) mass is 341 g/mol. The van der Waals surface area contributed by atoms with Crippen LogP contribution in [0.1, 0.15) is 23.4 Å². The Morgan fingerprint density at radius 2 is 2.11 bits per heavy atom.